The van der Waals surface area contributed by atoms with Gasteiger partial charge in [-0.25, -0.2) is 8.42 Å². The second-order valence-electron chi connectivity index (χ2n) is 6.41. The summed E-state index contributed by atoms with van der Waals surface area (Å²) in [4.78, 5) is 22.8. The molecule has 0 aliphatic heterocycles. The van der Waals surface area contributed by atoms with Crippen molar-refractivity contribution in [3.05, 3.63) is 59.7 Å². The zero-order valence-electron chi connectivity index (χ0n) is 15.1. The molecular formula is C19H22N2O5S. The predicted molar refractivity (Wildman–Crippen MR) is 102 cm³/mol. The number of aryl methyl sites for hydroxylation is 1. The monoisotopic (exact) mass is 390 g/mol. The van der Waals surface area contributed by atoms with Crippen LogP contribution in [0.1, 0.15) is 29.3 Å². The van der Waals surface area contributed by atoms with Gasteiger partial charge in [0, 0.05) is 24.2 Å². The van der Waals surface area contributed by atoms with Crippen LogP contribution in [0.4, 0.5) is 5.69 Å². The van der Waals surface area contributed by atoms with Crippen LogP contribution in [0.15, 0.2) is 53.4 Å². The minimum absolute atomic E-state index is 0.0395. The summed E-state index contributed by atoms with van der Waals surface area (Å²) in [5, 5.41) is 11.4. The lowest BCUT2D eigenvalue weighted by molar-refractivity contribution is -0.137. The Morgan fingerprint density at radius 3 is 2.19 bits per heavy atom. The number of anilines is 1. The van der Waals surface area contributed by atoms with E-state index in [1.165, 1.54) is 24.3 Å². The van der Waals surface area contributed by atoms with Crippen LogP contribution in [-0.4, -0.2) is 31.9 Å². The summed E-state index contributed by atoms with van der Waals surface area (Å²) in [5.41, 5.74) is 1.77. The van der Waals surface area contributed by atoms with Crippen LogP contribution in [0.5, 0.6) is 0 Å². The van der Waals surface area contributed by atoms with Crippen molar-refractivity contribution in [2.24, 2.45) is 5.92 Å². The molecule has 0 bridgehead atoms. The molecule has 0 radical (unpaired) electrons. The normalized spacial score (nSPS) is 12.2. The number of amides is 1. The second kappa shape index (κ2) is 8.68. The van der Waals surface area contributed by atoms with E-state index in [-0.39, 0.29) is 29.7 Å². The summed E-state index contributed by atoms with van der Waals surface area (Å²) in [5.74, 6) is -1.51. The van der Waals surface area contributed by atoms with Crippen LogP contribution < -0.4 is 10.0 Å². The Labute approximate surface area is 158 Å². The number of hydrogen-bond donors (Lipinski definition) is 3. The molecular weight excluding hydrogens is 368 g/mol. The molecule has 1 amide bonds. The van der Waals surface area contributed by atoms with Gasteiger partial charge in [-0.15, -0.1) is 0 Å². The number of carboxylic acids is 1. The summed E-state index contributed by atoms with van der Waals surface area (Å²) in [6.45, 7) is 3.85. The van der Waals surface area contributed by atoms with Crippen molar-refractivity contribution >= 4 is 27.6 Å². The average Bonchev–Trinajstić information content (AvgIpc) is 2.61. The van der Waals surface area contributed by atoms with Crippen molar-refractivity contribution in [2.75, 3.05) is 11.3 Å². The first kappa shape index (κ1) is 20.4. The summed E-state index contributed by atoms with van der Waals surface area (Å²) in [6.07, 6.45) is -0.0395. The van der Waals surface area contributed by atoms with Gasteiger partial charge < -0.3 is 10.4 Å². The molecule has 0 saturated heterocycles. The Morgan fingerprint density at radius 2 is 1.63 bits per heavy atom. The van der Waals surface area contributed by atoms with E-state index in [9.17, 15) is 18.0 Å². The first-order chi connectivity index (χ1) is 12.7. The minimum Gasteiger partial charge on any atom is -0.481 e. The van der Waals surface area contributed by atoms with Crippen LogP contribution >= 0.6 is 0 Å². The van der Waals surface area contributed by atoms with Gasteiger partial charge in [0.1, 0.15) is 0 Å². The number of carbonyl (C=O) groups excluding carboxylic acids is 1. The van der Waals surface area contributed by atoms with Gasteiger partial charge >= 0.3 is 5.97 Å². The van der Waals surface area contributed by atoms with E-state index in [0.29, 0.717) is 11.3 Å². The molecule has 0 fully saturated rings. The first-order valence-electron chi connectivity index (χ1n) is 8.37. The predicted octanol–water partition coefficient (Wildman–Crippen LogP) is 2.64. The SMILES string of the molecule is Cc1ccc(NS(=O)(=O)c2ccc(C(=O)NCC(C)CC(=O)O)cc2)cc1. The van der Waals surface area contributed by atoms with Gasteiger partial charge in [-0.2, -0.15) is 0 Å². The average molecular weight is 390 g/mol. The molecule has 2 aromatic carbocycles. The summed E-state index contributed by atoms with van der Waals surface area (Å²) < 4.78 is 27.3. The smallest absolute Gasteiger partial charge is 0.303 e. The van der Waals surface area contributed by atoms with E-state index in [1.54, 1.807) is 31.2 Å². The summed E-state index contributed by atoms with van der Waals surface area (Å²) in [7, 11) is -3.75. The molecule has 0 aliphatic rings. The lowest BCUT2D eigenvalue weighted by atomic mass is 10.1. The third-order valence-electron chi connectivity index (χ3n) is 3.86. The van der Waals surface area contributed by atoms with Crippen LogP contribution in [0.2, 0.25) is 0 Å². The number of carboxylic acid groups (broad SMARTS) is 1. The van der Waals surface area contributed by atoms with Crippen molar-refractivity contribution in [3.8, 4) is 0 Å². The van der Waals surface area contributed by atoms with E-state index in [4.69, 9.17) is 5.11 Å². The lowest BCUT2D eigenvalue weighted by Gasteiger charge is -2.11. The van der Waals surface area contributed by atoms with Crippen molar-refractivity contribution < 1.29 is 23.1 Å². The Balaban J connectivity index is 2.01. The maximum atomic E-state index is 12.4. The zero-order chi connectivity index (χ0) is 20.0. The summed E-state index contributed by atoms with van der Waals surface area (Å²) in [6, 6.07) is 12.5. The molecule has 0 aromatic heterocycles. The molecule has 2 aromatic rings. The van der Waals surface area contributed by atoms with Crippen LogP contribution in [0, 0.1) is 12.8 Å². The van der Waals surface area contributed by atoms with Gasteiger partial charge in [-0.1, -0.05) is 24.6 Å². The molecule has 0 aliphatic carbocycles. The van der Waals surface area contributed by atoms with Crippen LogP contribution in [-0.2, 0) is 14.8 Å². The molecule has 144 valence electrons. The third-order valence-corrected chi connectivity index (χ3v) is 5.26. The number of benzene rings is 2. The van der Waals surface area contributed by atoms with Gasteiger partial charge in [-0.05, 0) is 49.2 Å². The van der Waals surface area contributed by atoms with Crippen LogP contribution in [0.25, 0.3) is 0 Å². The fraction of sp³-hybridized carbons (Fsp3) is 0.263. The molecule has 8 heteroatoms. The maximum absolute atomic E-state index is 12.4. The summed E-state index contributed by atoms with van der Waals surface area (Å²) >= 11 is 0. The molecule has 2 rings (SSSR count). The van der Waals surface area contributed by atoms with Crippen molar-refractivity contribution in [2.45, 2.75) is 25.2 Å². The van der Waals surface area contributed by atoms with E-state index < -0.39 is 16.0 Å². The highest BCUT2D eigenvalue weighted by atomic mass is 32.2. The molecule has 1 unspecified atom stereocenters. The lowest BCUT2D eigenvalue weighted by Crippen LogP contribution is -2.29. The fourth-order valence-corrected chi connectivity index (χ4v) is 3.42. The standard InChI is InChI=1S/C19H22N2O5S/c1-13-3-7-16(8-4-13)21-27(25,26)17-9-5-15(6-10-17)19(24)20-12-14(2)11-18(22)23/h3-10,14,21H,11-12H2,1-2H3,(H,20,24)(H,22,23). The third kappa shape index (κ3) is 6.10. The number of nitrogens with one attached hydrogen (secondary N) is 2. The number of rotatable bonds is 8. The highest BCUT2D eigenvalue weighted by molar-refractivity contribution is 7.92. The Bertz CT molecular complexity index is 906. The molecule has 7 nitrogen and oxygen atoms in total. The minimum atomic E-state index is -3.75. The quantitative estimate of drug-likeness (QED) is 0.641. The van der Waals surface area contributed by atoms with Crippen LogP contribution in [0.3, 0.4) is 0 Å². The maximum Gasteiger partial charge on any atom is 0.303 e. The molecule has 0 heterocycles. The van der Waals surface area contributed by atoms with E-state index in [1.807, 2.05) is 6.92 Å². The molecule has 27 heavy (non-hydrogen) atoms. The molecule has 0 spiro atoms. The van der Waals surface area contributed by atoms with Gasteiger partial charge in [0.05, 0.1) is 4.90 Å². The van der Waals surface area contributed by atoms with E-state index >= 15 is 0 Å². The largest absolute Gasteiger partial charge is 0.481 e. The van der Waals surface area contributed by atoms with E-state index in [2.05, 4.69) is 10.0 Å². The van der Waals surface area contributed by atoms with Gasteiger partial charge in [-0.3, -0.25) is 14.3 Å². The van der Waals surface area contributed by atoms with Crippen molar-refractivity contribution in [3.63, 3.8) is 0 Å². The number of sulfonamides is 1. The number of carbonyl (C=O) groups is 2. The Morgan fingerprint density at radius 1 is 1.04 bits per heavy atom. The number of aliphatic carboxylic acids is 1. The first-order valence-corrected chi connectivity index (χ1v) is 9.85. The highest BCUT2D eigenvalue weighted by Crippen LogP contribution is 2.17. The number of hydrogen-bond acceptors (Lipinski definition) is 4. The second-order valence-corrected chi connectivity index (χ2v) is 8.09. The molecule has 1 atom stereocenters. The topological polar surface area (TPSA) is 113 Å². The van der Waals surface area contributed by atoms with Gasteiger partial charge in [0.25, 0.3) is 15.9 Å². The van der Waals surface area contributed by atoms with Gasteiger partial charge in [0.15, 0.2) is 0 Å². The van der Waals surface area contributed by atoms with Crippen molar-refractivity contribution in [1.82, 2.24) is 5.32 Å². The fourth-order valence-electron chi connectivity index (χ4n) is 2.36. The van der Waals surface area contributed by atoms with E-state index in [0.717, 1.165) is 5.56 Å². The Hall–Kier alpha value is -2.87. The highest BCUT2D eigenvalue weighted by Gasteiger charge is 2.16. The molecule has 3 N–H and O–H groups in total. The molecule has 0 saturated carbocycles. The zero-order valence-corrected chi connectivity index (χ0v) is 15.9. The Kier molecular flexibility index (Phi) is 6.57. The van der Waals surface area contributed by atoms with Gasteiger partial charge in [0.2, 0.25) is 0 Å². The van der Waals surface area contributed by atoms with Crippen molar-refractivity contribution in [1.29, 1.82) is 0 Å².